The largest absolute Gasteiger partial charge is 0.479 e. The van der Waals surface area contributed by atoms with Crippen LogP contribution in [0.1, 0.15) is 10.4 Å². The molecule has 0 saturated heterocycles. The molecule has 7 nitrogen and oxygen atoms in total. The van der Waals surface area contributed by atoms with Crippen molar-refractivity contribution in [2.24, 2.45) is 0 Å². The molecule has 0 aliphatic heterocycles. The van der Waals surface area contributed by atoms with E-state index >= 15 is 0 Å². The molecule has 0 spiro atoms. The molecule has 168 valence electrons. The van der Waals surface area contributed by atoms with E-state index in [4.69, 9.17) is 21.6 Å². The Bertz CT molecular complexity index is 1300. The van der Waals surface area contributed by atoms with Crippen molar-refractivity contribution >= 4 is 38.9 Å². The molecule has 1 amide bonds. The van der Waals surface area contributed by atoms with Crippen LogP contribution in [-0.2, 0) is 10.0 Å². The van der Waals surface area contributed by atoms with Crippen LogP contribution in [0.3, 0.4) is 0 Å². The summed E-state index contributed by atoms with van der Waals surface area (Å²) < 4.78 is 33.1. The number of nitrogens with one attached hydrogen (secondary N) is 1. The maximum atomic E-state index is 13.4. The number of halogens is 1. The molecule has 9 heteroatoms. The first kappa shape index (κ1) is 23.9. The zero-order valence-corrected chi connectivity index (χ0v) is 19.0. The van der Waals surface area contributed by atoms with Crippen molar-refractivity contribution in [2.75, 3.05) is 22.8 Å². The van der Waals surface area contributed by atoms with Gasteiger partial charge >= 0.3 is 0 Å². The summed E-state index contributed by atoms with van der Waals surface area (Å²) in [6, 6.07) is 20.6. The molecule has 0 aliphatic carbocycles. The summed E-state index contributed by atoms with van der Waals surface area (Å²) in [5, 5.41) is 11.8. The number of carbonyl (C=O) groups is 1. The lowest BCUT2D eigenvalue weighted by Gasteiger charge is -2.23. The third-order valence-electron chi connectivity index (χ3n) is 4.49. The first-order chi connectivity index (χ1) is 15.8. The fraction of sp³-hybridized carbons (Fsp3) is 0.0833. The molecule has 0 aromatic heterocycles. The maximum Gasteiger partial charge on any atom is 0.264 e. The second-order valence-electron chi connectivity index (χ2n) is 6.76. The number of nitriles is 1. The van der Waals surface area contributed by atoms with E-state index in [0.29, 0.717) is 22.1 Å². The minimum atomic E-state index is -3.99. The topological polar surface area (TPSA) is 99.5 Å². The monoisotopic (exact) mass is 481 g/mol. The van der Waals surface area contributed by atoms with E-state index in [1.165, 1.54) is 34.6 Å². The molecule has 0 fully saturated rings. The first-order valence-electron chi connectivity index (χ1n) is 9.75. The van der Waals surface area contributed by atoms with Crippen molar-refractivity contribution in [3.8, 4) is 11.8 Å². The summed E-state index contributed by atoms with van der Waals surface area (Å²) >= 11 is 5.93. The number of benzene rings is 3. The molecule has 3 aromatic rings. The van der Waals surface area contributed by atoms with Crippen LogP contribution < -0.4 is 14.4 Å². The predicted molar refractivity (Wildman–Crippen MR) is 128 cm³/mol. The van der Waals surface area contributed by atoms with E-state index in [1.807, 2.05) is 6.07 Å². The van der Waals surface area contributed by atoms with Gasteiger partial charge in [-0.3, -0.25) is 9.10 Å². The van der Waals surface area contributed by atoms with E-state index in [9.17, 15) is 13.2 Å². The number of ether oxygens (including phenoxy) is 1. The van der Waals surface area contributed by atoms with Crippen LogP contribution in [-0.4, -0.2) is 27.5 Å². The molecule has 0 saturated carbocycles. The summed E-state index contributed by atoms with van der Waals surface area (Å²) in [5.41, 5.74) is 1.02. The van der Waals surface area contributed by atoms with E-state index < -0.39 is 15.9 Å². The number of amides is 1. The minimum absolute atomic E-state index is 0.0376. The van der Waals surface area contributed by atoms with E-state index in [2.05, 4.69) is 11.9 Å². The second kappa shape index (κ2) is 10.7. The van der Waals surface area contributed by atoms with E-state index in [0.717, 1.165) is 0 Å². The highest BCUT2D eigenvalue weighted by Gasteiger charge is 2.25. The average Bonchev–Trinajstić information content (AvgIpc) is 2.82. The summed E-state index contributed by atoms with van der Waals surface area (Å²) in [4.78, 5) is 12.7. The highest BCUT2D eigenvalue weighted by Crippen LogP contribution is 2.26. The van der Waals surface area contributed by atoms with Crippen LogP contribution in [0.2, 0.25) is 5.02 Å². The van der Waals surface area contributed by atoms with Crippen molar-refractivity contribution in [3.63, 3.8) is 0 Å². The number of hydrogen-bond donors (Lipinski definition) is 1. The van der Waals surface area contributed by atoms with Gasteiger partial charge in [0.1, 0.15) is 11.8 Å². The lowest BCUT2D eigenvalue weighted by molar-refractivity contribution is 0.102. The van der Waals surface area contributed by atoms with Crippen molar-refractivity contribution in [3.05, 3.63) is 96.0 Å². The van der Waals surface area contributed by atoms with Crippen LogP contribution in [0.5, 0.6) is 5.75 Å². The van der Waals surface area contributed by atoms with Gasteiger partial charge in [-0.2, -0.15) is 5.26 Å². The third kappa shape index (κ3) is 5.92. The Morgan fingerprint density at radius 1 is 1.12 bits per heavy atom. The number of anilines is 2. The number of sulfonamides is 1. The van der Waals surface area contributed by atoms with Crippen molar-refractivity contribution in [1.82, 2.24) is 0 Å². The van der Waals surface area contributed by atoms with Crippen LogP contribution in [0.15, 0.2) is 90.3 Å². The predicted octanol–water partition coefficient (Wildman–Crippen LogP) is 4.88. The Labute approximate surface area is 197 Å². The minimum Gasteiger partial charge on any atom is -0.479 e. The molecule has 0 unspecified atom stereocenters. The van der Waals surface area contributed by atoms with Gasteiger partial charge < -0.3 is 10.1 Å². The zero-order chi connectivity index (χ0) is 23.8. The van der Waals surface area contributed by atoms with E-state index in [-0.39, 0.29) is 23.6 Å². The molecule has 0 aliphatic rings. The van der Waals surface area contributed by atoms with Gasteiger partial charge in [0.2, 0.25) is 0 Å². The Morgan fingerprint density at radius 2 is 1.85 bits per heavy atom. The molecule has 3 aromatic carbocycles. The standard InChI is InChI=1S/C24H20ClN3O4S/c1-2-14-28(21-11-9-19(25)10-12-21)33(30,31)23-8-3-5-18(16-23)24(29)27-20-6-4-7-22(17-20)32-15-13-26/h2-12,16-17H,1,14-15H2,(H,27,29). The Kier molecular flexibility index (Phi) is 7.72. The summed E-state index contributed by atoms with van der Waals surface area (Å²) in [7, 11) is -3.99. The van der Waals surface area contributed by atoms with Crippen molar-refractivity contribution in [1.29, 1.82) is 5.26 Å². The number of rotatable bonds is 9. The molecule has 0 bridgehead atoms. The molecule has 33 heavy (non-hydrogen) atoms. The highest BCUT2D eigenvalue weighted by atomic mass is 35.5. The first-order valence-corrected chi connectivity index (χ1v) is 11.6. The molecule has 1 N–H and O–H groups in total. The quantitative estimate of drug-likeness (QED) is 0.439. The summed E-state index contributed by atoms with van der Waals surface area (Å²) in [6.07, 6.45) is 1.48. The summed E-state index contributed by atoms with van der Waals surface area (Å²) in [5.74, 6) is -0.0695. The van der Waals surface area contributed by atoms with Gasteiger partial charge in [0.15, 0.2) is 6.61 Å². The van der Waals surface area contributed by atoms with Crippen LogP contribution in [0.4, 0.5) is 11.4 Å². The maximum absolute atomic E-state index is 13.4. The molecule has 3 rings (SSSR count). The second-order valence-corrected chi connectivity index (χ2v) is 9.06. The molecule has 0 atom stereocenters. The summed E-state index contributed by atoms with van der Waals surface area (Å²) in [6.45, 7) is 3.56. The molecular weight excluding hydrogens is 462 g/mol. The normalized spacial score (nSPS) is 10.7. The van der Waals surface area contributed by atoms with Crippen molar-refractivity contribution in [2.45, 2.75) is 4.90 Å². The zero-order valence-electron chi connectivity index (χ0n) is 17.4. The third-order valence-corrected chi connectivity index (χ3v) is 6.53. The van der Waals surface area contributed by atoms with Crippen LogP contribution in [0, 0.1) is 11.3 Å². The average molecular weight is 482 g/mol. The van der Waals surface area contributed by atoms with Crippen LogP contribution in [0.25, 0.3) is 0 Å². The van der Waals surface area contributed by atoms with Gasteiger partial charge in [0.25, 0.3) is 15.9 Å². The van der Waals surface area contributed by atoms with Gasteiger partial charge in [0.05, 0.1) is 17.1 Å². The number of hydrogen-bond acceptors (Lipinski definition) is 5. The van der Waals surface area contributed by atoms with Gasteiger partial charge in [-0.25, -0.2) is 8.42 Å². The molecule has 0 heterocycles. The smallest absolute Gasteiger partial charge is 0.264 e. The van der Waals surface area contributed by atoms with Crippen LogP contribution >= 0.6 is 11.6 Å². The Morgan fingerprint density at radius 3 is 2.55 bits per heavy atom. The SMILES string of the molecule is C=CCN(c1ccc(Cl)cc1)S(=O)(=O)c1cccc(C(=O)Nc2cccc(OCC#N)c2)c1. The number of carbonyl (C=O) groups excluding carboxylic acids is 1. The Balaban J connectivity index is 1.87. The molecule has 0 radical (unpaired) electrons. The highest BCUT2D eigenvalue weighted by molar-refractivity contribution is 7.92. The fourth-order valence-corrected chi connectivity index (χ4v) is 4.58. The number of nitrogens with zero attached hydrogens (tertiary/aromatic N) is 2. The Hall–Kier alpha value is -3.80. The van der Waals surface area contributed by atoms with E-state index in [1.54, 1.807) is 48.5 Å². The van der Waals surface area contributed by atoms with Crippen molar-refractivity contribution < 1.29 is 17.9 Å². The lowest BCUT2D eigenvalue weighted by atomic mass is 10.2. The van der Waals surface area contributed by atoms with Gasteiger partial charge in [-0.15, -0.1) is 6.58 Å². The van der Waals surface area contributed by atoms with Gasteiger partial charge in [0, 0.05) is 22.3 Å². The van der Waals surface area contributed by atoms with Gasteiger partial charge in [-0.1, -0.05) is 29.8 Å². The fourth-order valence-electron chi connectivity index (χ4n) is 2.97. The van der Waals surface area contributed by atoms with Gasteiger partial charge in [-0.05, 0) is 54.6 Å². The molecular formula is C24H20ClN3O4S. The lowest BCUT2D eigenvalue weighted by Crippen LogP contribution is -2.31.